The molecule has 3 aliphatic heterocycles. The molecule has 3 aromatic rings. The molecule has 204 valence electrons. The molecule has 3 N–H and O–H groups in total. The minimum absolute atomic E-state index is 0.0628. The number of hydrogen-bond donors (Lipinski definition) is 2. The molecule has 2 aromatic carbocycles. The Hall–Kier alpha value is -2.97. The second-order valence-corrected chi connectivity index (χ2v) is 12.6. The average molecular weight is 533 g/mol. The summed E-state index contributed by atoms with van der Waals surface area (Å²) in [7, 11) is 0. The van der Waals surface area contributed by atoms with E-state index in [2.05, 4.69) is 39.9 Å². The van der Waals surface area contributed by atoms with Crippen LogP contribution in [0.4, 0.5) is 8.78 Å². The number of hydrogen-bond acceptors (Lipinski definition) is 4. The number of carbonyl (C=O) groups excluding carboxylic acids is 1. The van der Waals surface area contributed by atoms with Crippen molar-refractivity contribution in [2.24, 2.45) is 11.1 Å². The number of carbonyl (C=O) groups is 1. The van der Waals surface area contributed by atoms with E-state index in [1.54, 1.807) is 0 Å². The first-order chi connectivity index (χ1) is 18.9. The van der Waals surface area contributed by atoms with Crippen LogP contribution in [-0.2, 0) is 11.2 Å². The molecule has 6 aliphatic rings. The second-order valence-electron chi connectivity index (χ2n) is 12.6. The van der Waals surface area contributed by atoms with Gasteiger partial charge in [0.05, 0.1) is 18.1 Å². The van der Waals surface area contributed by atoms with Crippen LogP contribution in [0.5, 0.6) is 5.75 Å². The van der Waals surface area contributed by atoms with Gasteiger partial charge in [-0.3, -0.25) is 19.0 Å². The maximum atomic E-state index is 16.4. The minimum Gasteiger partial charge on any atom is -0.489 e. The van der Waals surface area contributed by atoms with Gasteiger partial charge >= 0.3 is 0 Å². The molecule has 39 heavy (non-hydrogen) atoms. The number of alkyl halides is 1. The Balaban J connectivity index is 1.24. The van der Waals surface area contributed by atoms with Crippen molar-refractivity contribution in [2.45, 2.75) is 68.7 Å². The van der Waals surface area contributed by atoms with Crippen LogP contribution in [0, 0.1) is 11.2 Å². The second kappa shape index (κ2) is 8.04. The first-order valence-corrected chi connectivity index (χ1v) is 14.3. The maximum absolute atomic E-state index is 16.4. The highest BCUT2D eigenvalue weighted by Gasteiger charge is 2.83. The van der Waals surface area contributed by atoms with Gasteiger partial charge in [-0.25, -0.2) is 4.39 Å². The van der Waals surface area contributed by atoms with Crippen molar-refractivity contribution in [3.8, 4) is 5.75 Å². The number of nitrogens with zero attached hydrogens (tertiary/aromatic N) is 2. The van der Waals surface area contributed by atoms with Crippen LogP contribution in [-0.4, -0.2) is 64.7 Å². The largest absolute Gasteiger partial charge is 0.489 e. The Bertz CT molecular complexity index is 1510. The highest BCUT2D eigenvalue weighted by Crippen LogP contribution is 2.81. The highest BCUT2D eigenvalue weighted by molar-refractivity contribution is 5.89. The van der Waals surface area contributed by atoms with Gasteiger partial charge in [-0.15, -0.1) is 0 Å². The molecule has 2 unspecified atom stereocenters. The number of rotatable bonds is 6. The molecule has 6 nitrogen and oxygen atoms in total. The number of likely N-dealkylation sites (tertiary alicyclic amines) is 1. The number of nitrogens with one attached hydrogen (secondary N) is 1. The maximum Gasteiger partial charge on any atom is 0.224 e. The number of fused-ring (bicyclic) bond motifs is 7. The molecule has 3 saturated carbocycles. The first kappa shape index (κ1) is 23.9. The van der Waals surface area contributed by atoms with Crippen molar-refractivity contribution >= 4 is 16.8 Å². The topological polar surface area (TPSA) is 74.6 Å². The average Bonchev–Trinajstić information content (AvgIpc) is 3.46. The number of nitrogens with two attached hydrogens (primary N) is 1. The first-order valence-electron chi connectivity index (χ1n) is 14.3. The monoisotopic (exact) mass is 532 g/mol. The van der Waals surface area contributed by atoms with E-state index in [0.29, 0.717) is 30.8 Å². The van der Waals surface area contributed by atoms with Crippen LogP contribution in [0.2, 0.25) is 0 Å². The molecule has 0 radical (unpaired) electrons. The molecular formula is C31H34F2N4O2. The summed E-state index contributed by atoms with van der Waals surface area (Å²) in [6.45, 7) is 4.19. The fourth-order valence-corrected chi connectivity index (χ4v) is 9.16. The van der Waals surface area contributed by atoms with E-state index in [4.69, 9.17) is 10.5 Å². The van der Waals surface area contributed by atoms with Crippen LogP contribution in [0.15, 0.2) is 36.4 Å². The van der Waals surface area contributed by atoms with Gasteiger partial charge in [-0.2, -0.15) is 0 Å². The van der Waals surface area contributed by atoms with Crippen LogP contribution < -0.4 is 10.5 Å². The summed E-state index contributed by atoms with van der Waals surface area (Å²) in [5, 5.41) is 1.20. The summed E-state index contributed by atoms with van der Waals surface area (Å²) in [5.74, 6) is -0.173. The third-order valence-corrected chi connectivity index (χ3v) is 10.6. The van der Waals surface area contributed by atoms with Crippen LogP contribution >= 0.6 is 0 Å². The number of para-hydroxylation sites is 1. The molecular weight excluding hydrogens is 498 g/mol. The van der Waals surface area contributed by atoms with Gasteiger partial charge in [-0.1, -0.05) is 18.2 Å². The number of amides is 1. The van der Waals surface area contributed by atoms with E-state index in [1.807, 2.05) is 12.1 Å². The van der Waals surface area contributed by atoms with Crippen molar-refractivity contribution in [1.82, 2.24) is 14.8 Å². The number of primary amides is 1. The van der Waals surface area contributed by atoms with Gasteiger partial charge in [-0.05, 0) is 62.3 Å². The summed E-state index contributed by atoms with van der Waals surface area (Å²) < 4.78 is 35.4. The predicted molar refractivity (Wildman–Crippen MR) is 144 cm³/mol. The summed E-state index contributed by atoms with van der Waals surface area (Å²) in [6.07, 6.45) is 3.63. The molecule has 4 atom stereocenters. The summed E-state index contributed by atoms with van der Waals surface area (Å²) in [4.78, 5) is 21.1. The Labute approximate surface area is 226 Å². The molecule has 1 spiro atoms. The predicted octanol–water partition coefficient (Wildman–Crippen LogP) is 4.57. The fourth-order valence-electron chi connectivity index (χ4n) is 9.16. The Morgan fingerprint density at radius 2 is 2.08 bits per heavy atom. The molecule has 3 aliphatic carbocycles. The smallest absolute Gasteiger partial charge is 0.224 e. The van der Waals surface area contributed by atoms with Crippen LogP contribution in [0.3, 0.4) is 0 Å². The zero-order chi connectivity index (χ0) is 26.7. The lowest BCUT2D eigenvalue weighted by atomic mass is 9.29. The number of halogens is 2. The van der Waals surface area contributed by atoms with Crippen molar-refractivity contribution < 1.29 is 18.3 Å². The van der Waals surface area contributed by atoms with E-state index in [9.17, 15) is 9.18 Å². The van der Waals surface area contributed by atoms with Gasteiger partial charge in [0, 0.05) is 65.4 Å². The third-order valence-electron chi connectivity index (χ3n) is 10.6. The lowest BCUT2D eigenvalue weighted by molar-refractivity contribution is -0.261. The fraction of sp³-hybridized carbons (Fsp3) is 0.516. The third kappa shape index (κ3) is 2.99. The Kier molecular flexibility index (Phi) is 4.92. The molecule has 9 rings (SSSR count). The normalized spacial score (nSPS) is 34.4. The van der Waals surface area contributed by atoms with Gasteiger partial charge in [0.2, 0.25) is 5.91 Å². The van der Waals surface area contributed by atoms with E-state index < -0.39 is 5.41 Å². The van der Waals surface area contributed by atoms with Crippen molar-refractivity contribution in [2.75, 3.05) is 26.3 Å². The number of ether oxygens (including phenoxy) is 1. The van der Waals surface area contributed by atoms with Crippen LogP contribution in [0.25, 0.3) is 10.9 Å². The Morgan fingerprint density at radius 1 is 1.26 bits per heavy atom. The number of H-pyrrole nitrogens is 1. The van der Waals surface area contributed by atoms with Gasteiger partial charge in [0.25, 0.3) is 0 Å². The van der Waals surface area contributed by atoms with Crippen molar-refractivity contribution in [3.63, 3.8) is 0 Å². The lowest BCUT2D eigenvalue weighted by Crippen LogP contribution is -2.85. The summed E-state index contributed by atoms with van der Waals surface area (Å²) >= 11 is 0. The standard InChI is InChI=1S/C31H34F2N4O2/c1-17-11-21-20-5-2-3-6-24(20)35-26(21)27-25-22(28-30(29(34)38)15-31(28,16-30)37(17)27)12-19(13-23(25)33)39-18-7-10-36(14-18)9-4-8-32/h2-3,5-6,12-13,17-18,27-28,35H,4,7-11,14-16H2,1H3,(H2,34,38)/t17-,18?,27-,28?,30?,31?/m1/s1. The van der Waals surface area contributed by atoms with Crippen molar-refractivity contribution in [1.29, 1.82) is 0 Å². The van der Waals surface area contributed by atoms with Gasteiger partial charge < -0.3 is 15.5 Å². The van der Waals surface area contributed by atoms with Crippen molar-refractivity contribution in [3.05, 3.63) is 64.6 Å². The molecule has 1 aromatic heterocycles. The number of benzene rings is 2. The summed E-state index contributed by atoms with van der Waals surface area (Å²) in [6, 6.07) is 11.8. The molecule has 8 heteroatoms. The Morgan fingerprint density at radius 3 is 2.87 bits per heavy atom. The van der Waals surface area contributed by atoms with Gasteiger partial charge in [0.15, 0.2) is 0 Å². The highest BCUT2D eigenvalue weighted by atomic mass is 19.1. The van der Waals surface area contributed by atoms with Crippen LogP contribution in [0.1, 0.15) is 67.0 Å². The molecule has 2 bridgehead atoms. The zero-order valence-corrected chi connectivity index (χ0v) is 22.2. The SMILES string of the molecule is C[C@@H]1Cc2c([nH]c3ccccc23)[C@H]2c3c(F)cc(OC4CCN(CCCF)C4)cc3C3C4(C(N)=O)CC3(C4)N21. The number of aromatic nitrogens is 1. The molecule has 1 amide bonds. The van der Waals surface area contributed by atoms with E-state index in [1.165, 1.54) is 17.0 Å². The lowest BCUT2D eigenvalue weighted by Gasteiger charge is -2.81. The zero-order valence-electron chi connectivity index (χ0n) is 22.2. The molecule has 4 heterocycles. The molecule has 4 fully saturated rings. The minimum atomic E-state index is -0.609. The summed E-state index contributed by atoms with van der Waals surface area (Å²) in [5.41, 5.74) is 10.1. The molecule has 1 saturated heterocycles. The number of aromatic amines is 1. The van der Waals surface area contributed by atoms with E-state index in [-0.39, 0.29) is 48.0 Å². The van der Waals surface area contributed by atoms with E-state index in [0.717, 1.165) is 49.0 Å². The van der Waals surface area contributed by atoms with Gasteiger partial charge in [0.1, 0.15) is 17.7 Å². The quantitative estimate of drug-likeness (QED) is 0.488. The van der Waals surface area contributed by atoms with E-state index >= 15 is 4.39 Å².